The van der Waals surface area contributed by atoms with Gasteiger partial charge in [-0.15, -0.1) is 0 Å². The number of hydrogen-bond acceptors (Lipinski definition) is 3. The smallest absolute Gasteiger partial charge is 0.290 e. The summed E-state index contributed by atoms with van der Waals surface area (Å²) in [6.45, 7) is 9.59. The minimum atomic E-state index is -0.474. The number of guanidine groups is 1. The Balaban J connectivity index is 1.64. The van der Waals surface area contributed by atoms with Crippen LogP contribution in [0.3, 0.4) is 0 Å². The predicted molar refractivity (Wildman–Crippen MR) is 131 cm³/mol. The van der Waals surface area contributed by atoms with E-state index in [-0.39, 0.29) is 11.8 Å². The third-order valence-electron chi connectivity index (χ3n) is 5.81. The Morgan fingerprint density at radius 1 is 1.28 bits per heavy atom. The van der Waals surface area contributed by atoms with Crippen LogP contribution in [0.1, 0.15) is 39.2 Å². The summed E-state index contributed by atoms with van der Waals surface area (Å²) in [5.74, 6) is -0.628. The van der Waals surface area contributed by atoms with E-state index >= 15 is 0 Å². The molecule has 0 saturated carbocycles. The monoisotopic (exact) mass is 437 g/mol. The van der Waals surface area contributed by atoms with Gasteiger partial charge >= 0.3 is 0 Å². The zero-order chi connectivity index (χ0) is 23.1. The molecule has 3 rings (SSSR count). The number of carbonyl (C=O) groups is 1. The van der Waals surface area contributed by atoms with Crippen molar-refractivity contribution in [1.29, 1.82) is 5.41 Å². The van der Waals surface area contributed by atoms with Crippen molar-refractivity contribution < 1.29 is 4.79 Å². The third kappa shape index (κ3) is 5.97. The molecule has 8 heteroatoms. The molecule has 0 atom stereocenters. The van der Waals surface area contributed by atoms with E-state index in [0.717, 1.165) is 48.1 Å². The maximum atomic E-state index is 12.7. The van der Waals surface area contributed by atoms with Gasteiger partial charge in [0.05, 0.1) is 0 Å². The molecular weight excluding hydrogens is 402 g/mol. The summed E-state index contributed by atoms with van der Waals surface area (Å²) in [5, 5.41) is 12.3. The fourth-order valence-corrected chi connectivity index (χ4v) is 3.86. The number of hydrogen-bond donors (Lipinski definition) is 4. The standard InChI is InChI=1S/C24H35N7O/c1-4-5-8-19(15-18-16-27-21-10-7-6-9-20(18)21)28-23(32)22(25)29-24(26)31-13-11-30(12-14-31)17(2)3/h6-10,16-17,27H,4-5,11-15H2,1-3H3,(H,28,32)(H3,25,26,29)/b19-8+. The molecule has 2 heterocycles. The molecule has 0 spiro atoms. The summed E-state index contributed by atoms with van der Waals surface area (Å²) in [4.78, 5) is 24.3. The van der Waals surface area contributed by atoms with Gasteiger partial charge in [0.25, 0.3) is 5.91 Å². The van der Waals surface area contributed by atoms with E-state index in [9.17, 15) is 4.79 Å². The Kier molecular flexibility index (Phi) is 8.05. The quantitative estimate of drug-likeness (QED) is 0.411. The Labute approximate surface area is 190 Å². The molecule has 1 aromatic heterocycles. The van der Waals surface area contributed by atoms with E-state index in [0.29, 0.717) is 25.6 Å². The average Bonchev–Trinajstić information content (AvgIpc) is 3.20. The van der Waals surface area contributed by atoms with Gasteiger partial charge in [-0.25, -0.2) is 0 Å². The first-order valence-electron chi connectivity index (χ1n) is 11.4. The van der Waals surface area contributed by atoms with Gasteiger partial charge in [-0.1, -0.05) is 37.6 Å². The SMILES string of the molecule is CCC/C=C(\Cc1c[nH]c2ccccc12)NC(=O)C(N)=NC(=N)N1CCN(C(C)C)CC1. The summed E-state index contributed by atoms with van der Waals surface area (Å²) < 4.78 is 0. The first-order valence-corrected chi connectivity index (χ1v) is 11.4. The number of unbranched alkanes of at least 4 members (excludes halogenated alkanes) is 1. The second-order valence-electron chi connectivity index (χ2n) is 8.45. The molecule has 1 aromatic carbocycles. The number of aromatic amines is 1. The number of nitrogens with zero attached hydrogens (tertiary/aromatic N) is 3. The van der Waals surface area contributed by atoms with Gasteiger partial charge in [0.2, 0.25) is 5.96 Å². The van der Waals surface area contributed by atoms with Crippen molar-refractivity contribution in [2.75, 3.05) is 26.2 Å². The summed E-state index contributed by atoms with van der Waals surface area (Å²) >= 11 is 0. The first-order chi connectivity index (χ1) is 15.4. The van der Waals surface area contributed by atoms with E-state index in [1.54, 1.807) is 0 Å². The molecule has 32 heavy (non-hydrogen) atoms. The molecule has 1 aliphatic heterocycles. The molecule has 0 radical (unpaired) electrons. The molecule has 1 saturated heterocycles. The van der Waals surface area contributed by atoms with Crippen molar-refractivity contribution in [3.05, 3.63) is 47.8 Å². The highest BCUT2D eigenvalue weighted by Gasteiger charge is 2.21. The van der Waals surface area contributed by atoms with Gasteiger partial charge < -0.3 is 20.9 Å². The number of nitrogens with two attached hydrogens (primary N) is 1. The minimum Gasteiger partial charge on any atom is -0.379 e. The number of amides is 1. The molecule has 5 N–H and O–H groups in total. The lowest BCUT2D eigenvalue weighted by molar-refractivity contribution is -0.114. The fourth-order valence-electron chi connectivity index (χ4n) is 3.86. The Morgan fingerprint density at radius 2 is 2.00 bits per heavy atom. The highest BCUT2D eigenvalue weighted by atomic mass is 16.2. The number of benzene rings is 1. The number of nitrogens with one attached hydrogen (secondary N) is 3. The number of para-hydroxylation sites is 1. The lowest BCUT2D eigenvalue weighted by Crippen LogP contribution is -2.50. The minimum absolute atomic E-state index is 0.0387. The Bertz CT molecular complexity index is 997. The average molecular weight is 438 g/mol. The van der Waals surface area contributed by atoms with Crippen molar-refractivity contribution in [2.24, 2.45) is 10.7 Å². The molecule has 1 aliphatic rings. The van der Waals surface area contributed by atoms with Crippen LogP contribution in [0.15, 0.2) is 47.2 Å². The van der Waals surface area contributed by atoms with E-state index in [4.69, 9.17) is 11.1 Å². The van der Waals surface area contributed by atoms with Crippen LogP contribution in [0.4, 0.5) is 0 Å². The third-order valence-corrected chi connectivity index (χ3v) is 5.81. The van der Waals surface area contributed by atoms with Crippen LogP contribution in [0, 0.1) is 5.41 Å². The summed E-state index contributed by atoms with van der Waals surface area (Å²) in [6.07, 6.45) is 6.41. The van der Waals surface area contributed by atoms with Crippen LogP contribution in [-0.4, -0.2) is 64.7 Å². The highest BCUT2D eigenvalue weighted by Crippen LogP contribution is 2.20. The topological polar surface area (TPSA) is 114 Å². The molecule has 0 aliphatic carbocycles. The molecule has 0 unspecified atom stereocenters. The molecule has 1 amide bonds. The van der Waals surface area contributed by atoms with Crippen molar-refractivity contribution in [2.45, 2.75) is 46.1 Å². The number of piperazine rings is 1. The van der Waals surface area contributed by atoms with Crippen molar-refractivity contribution in [3.8, 4) is 0 Å². The molecule has 1 fully saturated rings. The maximum absolute atomic E-state index is 12.7. The number of amidine groups is 1. The van der Waals surface area contributed by atoms with E-state index < -0.39 is 5.91 Å². The number of aliphatic imine (C=N–C) groups is 1. The lowest BCUT2D eigenvalue weighted by Gasteiger charge is -2.37. The van der Waals surface area contributed by atoms with Gasteiger partial charge in [-0.2, -0.15) is 4.99 Å². The van der Waals surface area contributed by atoms with Gasteiger partial charge in [-0.05, 0) is 31.9 Å². The number of aromatic nitrogens is 1. The summed E-state index contributed by atoms with van der Waals surface area (Å²) in [5.41, 5.74) is 8.93. The van der Waals surface area contributed by atoms with Crippen LogP contribution >= 0.6 is 0 Å². The summed E-state index contributed by atoms with van der Waals surface area (Å²) in [7, 11) is 0. The molecule has 8 nitrogen and oxygen atoms in total. The number of carbonyl (C=O) groups excluding carboxylic acids is 1. The van der Waals surface area contributed by atoms with Crippen molar-refractivity contribution >= 4 is 28.6 Å². The number of fused-ring (bicyclic) bond motifs is 1. The van der Waals surface area contributed by atoms with E-state index in [1.807, 2.05) is 35.4 Å². The normalized spacial score (nSPS) is 16.1. The zero-order valence-corrected chi connectivity index (χ0v) is 19.3. The first kappa shape index (κ1) is 23.5. The van der Waals surface area contributed by atoms with E-state index in [1.165, 1.54) is 0 Å². The second-order valence-corrected chi connectivity index (χ2v) is 8.45. The number of rotatable bonds is 6. The van der Waals surface area contributed by atoms with Crippen LogP contribution < -0.4 is 11.1 Å². The molecule has 0 bridgehead atoms. The molecular formula is C24H35N7O. The van der Waals surface area contributed by atoms with Crippen LogP contribution in [0.2, 0.25) is 0 Å². The molecule has 2 aromatic rings. The fraction of sp³-hybridized carbons (Fsp3) is 0.458. The van der Waals surface area contributed by atoms with Crippen molar-refractivity contribution in [3.63, 3.8) is 0 Å². The van der Waals surface area contributed by atoms with Crippen LogP contribution in [0.5, 0.6) is 0 Å². The van der Waals surface area contributed by atoms with Gasteiger partial charge in [0, 0.05) is 61.4 Å². The Morgan fingerprint density at radius 3 is 2.69 bits per heavy atom. The lowest BCUT2D eigenvalue weighted by atomic mass is 10.1. The summed E-state index contributed by atoms with van der Waals surface area (Å²) in [6, 6.07) is 8.58. The predicted octanol–water partition coefficient (Wildman–Crippen LogP) is 2.83. The van der Waals surface area contributed by atoms with E-state index in [2.05, 4.69) is 47.0 Å². The van der Waals surface area contributed by atoms with Crippen LogP contribution in [0.25, 0.3) is 10.9 Å². The zero-order valence-electron chi connectivity index (χ0n) is 19.3. The number of H-pyrrole nitrogens is 1. The van der Waals surface area contributed by atoms with Gasteiger partial charge in [-0.3, -0.25) is 15.1 Å². The molecule has 172 valence electrons. The van der Waals surface area contributed by atoms with Crippen molar-refractivity contribution in [1.82, 2.24) is 20.1 Å². The van der Waals surface area contributed by atoms with Crippen LogP contribution in [-0.2, 0) is 11.2 Å². The number of allylic oxidation sites excluding steroid dienone is 2. The maximum Gasteiger partial charge on any atom is 0.290 e. The largest absolute Gasteiger partial charge is 0.379 e. The Hall–Kier alpha value is -3.13. The van der Waals surface area contributed by atoms with Gasteiger partial charge in [0.1, 0.15) is 0 Å². The second kappa shape index (κ2) is 10.9. The van der Waals surface area contributed by atoms with Gasteiger partial charge in [0.15, 0.2) is 5.84 Å². The highest BCUT2D eigenvalue weighted by molar-refractivity contribution is 6.39.